The number of aliphatic hydroxyl groups excluding tert-OH is 2. The van der Waals surface area contributed by atoms with E-state index < -0.39 is 152 Å². The highest BCUT2D eigenvalue weighted by molar-refractivity contribution is 5.99. The Morgan fingerprint density at radius 3 is 1.53 bits per heavy atom. The van der Waals surface area contributed by atoms with Crippen LogP contribution in [0.15, 0.2) is 60.7 Å². The van der Waals surface area contributed by atoms with Gasteiger partial charge in [0.15, 0.2) is 5.78 Å². The molecule has 1 heterocycles. The molecule has 1 fully saturated rings. The van der Waals surface area contributed by atoms with Gasteiger partial charge in [0.05, 0.1) is 25.7 Å². The fourth-order valence-electron chi connectivity index (χ4n) is 7.94. The molecule has 1 saturated heterocycles. The molecule has 14 N–H and O–H groups in total. The normalized spacial score (nSPS) is 16.5. The Labute approximate surface area is 422 Å². The van der Waals surface area contributed by atoms with E-state index >= 15 is 0 Å². The van der Waals surface area contributed by atoms with Gasteiger partial charge in [0.1, 0.15) is 48.3 Å². The van der Waals surface area contributed by atoms with Gasteiger partial charge in [-0.25, -0.2) is 0 Å². The summed E-state index contributed by atoms with van der Waals surface area (Å²) in [6.45, 7) is 6.34. The van der Waals surface area contributed by atoms with Crippen molar-refractivity contribution in [1.82, 2.24) is 42.1 Å². The van der Waals surface area contributed by atoms with Gasteiger partial charge >= 0.3 is 5.97 Å². The lowest BCUT2D eigenvalue weighted by molar-refractivity contribution is -0.144. The number of carbonyl (C=O) groups excluding carboxylic acids is 10. The minimum Gasteiger partial charge on any atom is -0.481 e. The monoisotopic (exact) mass is 1020 g/mol. The number of amides is 9. The van der Waals surface area contributed by atoms with Crippen LogP contribution in [0.4, 0.5) is 0 Å². The average Bonchev–Trinajstić information content (AvgIpc) is 3.84. The van der Waals surface area contributed by atoms with Crippen molar-refractivity contribution in [3.05, 3.63) is 71.8 Å². The summed E-state index contributed by atoms with van der Waals surface area (Å²) in [6.07, 6.45) is -1.70. The Hall–Kier alpha value is -7.31. The largest absolute Gasteiger partial charge is 0.481 e. The standard InChI is InChI=1S/C49H70N10O14/c1-26(2)40(28(5)62)57-47(71)36(25-61)56-45(69)34(22-30-15-10-7-11-16-30)55-48(72)37-17-12-20-59(37)49(73)41(27(3)4)58-43(67)32(18-19-38(51)63)52-46(70)35(23-39(64)65)54-44(68)33(53-42(66)31(50)24-60)21-29-13-8-6-9-14-29/h6-11,13-16,26-27,31-37,40-41,60-61H,12,17-25,50H2,1-5H3,(H2,51,63)(H,52,70)(H,53,66)(H,54,68)(H,55,72)(H,56,69)(H,57,71)(H,58,67)(H,64,65). The number of primary amides is 1. The molecule has 9 unspecified atom stereocenters. The van der Waals surface area contributed by atoms with E-state index in [1.807, 2.05) is 0 Å². The lowest BCUT2D eigenvalue weighted by atomic mass is 10.00. The van der Waals surface area contributed by atoms with Crippen LogP contribution in [0, 0.1) is 11.8 Å². The third-order valence-electron chi connectivity index (χ3n) is 12.0. The van der Waals surface area contributed by atoms with Gasteiger partial charge in [-0.15, -0.1) is 0 Å². The van der Waals surface area contributed by atoms with Gasteiger partial charge in [0, 0.05) is 25.8 Å². The fraction of sp³-hybridized carbons (Fsp3) is 0.531. The minimum absolute atomic E-state index is 0.0432. The molecule has 73 heavy (non-hydrogen) atoms. The summed E-state index contributed by atoms with van der Waals surface area (Å²) in [5.74, 6) is -11.1. The van der Waals surface area contributed by atoms with Crippen molar-refractivity contribution in [3.8, 4) is 0 Å². The number of aliphatic hydroxyl groups is 2. The summed E-state index contributed by atoms with van der Waals surface area (Å²) in [5.41, 5.74) is 12.2. The van der Waals surface area contributed by atoms with Crippen molar-refractivity contribution in [2.75, 3.05) is 19.8 Å². The van der Waals surface area contributed by atoms with Crippen LogP contribution >= 0.6 is 0 Å². The van der Waals surface area contributed by atoms with Crippen molar-refractivity contribution in [1.29, 1.82) is 0 Å². The first kappa shape index (κ1) is 60.0. The number of hydrogen-bond donors (Lipinski definition) is 12. The summed E-state index contributed by atoms with van der Waals surface area (Å²) in [4.78, 5) is 147. The molecule has 2 aromatic carbocycles. The summed E-state index contributed by atoms with van der Waals surface area (Å²) in [5, 5.41) is 46.6. The number of aliphatic carboxylic acids is 1. The number of carboxylic acid groups (broad SMARTS) is 1. The van der Waals surface area contributed by atoms with Crippen LogP contribution in [0.1, 0.15) is 77.8 Å². The number of carboxylic acids is 1. The molecule has 0 aliphatic carbocycles. The Morgan fingerprint density at radius 2 is 1.05 bits per heavy atom. The molecule has 0 spiro atoms. The SMILES string of the molecule is CC(=O)C(NC(=O)C(CO)NC(=O)C(Cc1ccccc1)NC(=O)C1CCCN1C(=O)C(NC(=O)C(CCC(N)=O)NC(=O)C(CC(=O)O)NC(=O)C(Cc1ccccc1)NC(=O)C(N)CO)C(C)C)C(C)C. The molecule has 9 atom stereocenters. The Kier molecular flexibility index (Phi) is 24.1. The molecule has 400 valence electrons. The molecule has 24 nitrogen and oxygen atoms in total. The van der Waals surface area contributed by atoms with Crippen LogP contribution in [0.5, 0.6) is 0 Å². The highest BCUT2D eigenvalue weighted by Gasteiger charge is 2.41. The number of ketones is 1. The van der Waals surface area contributed by atoms with E-state index in [2.05, 4.69) is 37.2 Å². The third kappa shape index (κ3) is 19.0. The van der Waals surface area contributed by atoms with Gasteiger partial charge in [-0.05, 0) is 49.1 Å². The molecule has 0 radical (unpaired) electrons. The maximum absolute atomic E-state index is 14.4. The third-order valence-corrected chi connectivity index (χ3v) is 12.0. The molecular formula is C49H70N10O14. The van der Waals surface area contributed by atoms with E-state index in [9.17, 15) is 68.1 Å². The number of rotatable bonds is 29. The zero-order valence-electron chi connectivity index (χ0n) is 41.6. The van der Waals surface area contributed by atoms with E-state index in [0.29, 0.717) is 17.5 Å². The van der Waals surface area contributed by atoms with Crippen molar-refractivity contribution >= 4 is 64.9 Å². The van der Waals surface area contributed by atoms with Crippen molar-refractivity contribution < 1.29 is 68.1 Å². The number of carbonyl (C=O) groups is 11. The number of Topliss-reactive ketones (excluding diaryl/α,β-unsaturated/α-hetero) is 1. The van der Waals surface area contributed by atoms with Gasteiger partial charge < -0.3 is 68.9 Å². The summed E-state index contributed by atoms with van der Waals surface area (Å²) in [7, 11) is 0. The minimum atomic E-state index is -1.87. The Bertz CT molecular complexity index is 2270. The summed E-state index contributed by atoms with van der Waals surface area (Å²) in [6, 6.07) is 4.23. The van der Waals surface area contributed by atoms with Gasteiger partial charge in [-0.3, -0.25) is 52.7 Å². The first-order valence-corrected chi connectivity index (χ1v) is 24.0. The van der Waals surface area contributed by atoms with E-state index in [1.165, 1.54) is 11.8 Å². The van der Waals surface area contributed by atoms with Gasteiger partial charge in [-0.2, -0.15) is 0 Å². The van der Waals surface area contributed by atoms with Crippen LogP contribution in [-0.2, 0) is 65.6 Å². The second-order valence-corrected chi connectivity index (χ2v) is 18.5. The maximum Gasteiger partial charge on any atom is 0.305 e. The molecule has 0 saturated carbocycles. The fourth-order valence-corrected chi connectivity index (χ4v) is 7.94. The van der Waals surface area contributed by atoms with E-state index in [4.69, 9.17) is 11.5 Å². The first-order chi connectivity index (χ1) is 34.5. The molecular weight excluding hydrogens is 953 g/mol. The number of likely N-dealkylation sites (tertiary alicyclic amines) is 1. The van der Waals surface area contributed by atoms with Crippen LogP contribution in [-0.4, -0.2) is 159 Å². The van der Waals surface area contributed by atoms with Gasteiger partial charge in [0.2, 0.25) is 53.2 Å². The molecule has 0 bridgehead atoms. The smallest absolute Gasteiger partial charge is 0.305 e. The number of nitrogens with two attached hydrogens (primary N) is 2. The van der Waals surface area contributed by atoms with Crippen molar-refractivity contribution in [2.24, 2.45) is 23.3 Å². The first-order valence-electron chi connectivity index (χ1n) is 24.0. The van der Waals surface area contributed by atoms with E-state index in [1.54, 1.807) is 88.4 Å². The Balaban J connectivity index is 1.86. The quantitative estimate of drug-likeness (QED) is 0.0382. The number of benzene rings is 2. The molecule has 1 aliphatic rings. The molecule has 2 aromatic rings. The maximum atomic E-state index is 14.4. The predicted octanol–water partition coefficient (Wildman–Crippen LogP) is -3.19. The molecule has 9 amide bonds. The lowest BCUT2D eigenvalue weighted by Crippen LogP contribution is -2.61. The van der Waals surface area contributed by atoms with Gasteiger partial charge in [-0.1, -0.05) is 88.4 Å². The summed E-state index contributed by atoms with van der Waals surface area (Å²) < 4.78 is 0. The average molecular weight is 1020 g/mol. The van der Waals surface area contributed by atoms with Crippen LogP contribution in [0.2, 0.25) is 0 Å². The van der Waals surface area contributed by atoms with Crippen molar-refractivity contribution in [2.45, 2.75) is 134 Å². The number of nitrogens with zero attached hydrogens (tertiary/aromatic N) is 1. The Morgan fingerprint density at radius 1 is 0.603 bits per heavy atom. The predicted molar refractivity (Wildman–Crippen MR) is 262 cm³/mol. The summed E-state index contributed by atoms with van der Waals surface area (Å²) >= 11 is 0. The number of hydrogen-bond acceptors (Lipinski definition) is 14. The molecule has 3 rings (SSSR count). The second kappa shape index (κ2) is 29.3. The van der Waals surface area contributed by atoms with E-state index in [-0.39, 0.29) is 37.5 Å². The highest BCUT2D eigenvalue weighted by atomic mass is 16.4. The van der Waals surface area contributed by atoms with Crippen molar-refractivity contribution in [3.63, 3.8) is 0 Å². The zero-order valence-corrected chi connectivity index (χ0v) is 41.6. The van der Waals surface area contributed by atoms with E-state index in [0.717, 1.165) is 0 Å². The van der Waals surface area contributed by atoms with Crippen LogP contribution in [0.3, 0.4) is 0 Å². The second-order valence-electron chi connectivity index (χ2n) is 18.5. The molecule has 1 aliphatic heterocycles. The number of nitrogens with one attached hydrogen (secondary N) is 7. The zero-order chi connectivity index (χ0) is 54.5. The van der Waals surface area contributed by atoms with Gasteiger partial charge in [0.25, 0.3) is 0 Å². The topological polar surface area (TPSA) is 388 Å². The molecule has 24 heteroatoms. The van der Waals surface area contributed by atoms with Crippen LogP contribution in [0.25, 0.3) is 0 Å². The highest BCUT2D eigenvalue weighted by Crippen LogP contribution is 2.22. The lowest BCUT2D eigenvalue weighted by Gasteiger charge is -2.32. The molecule has 0 aromatic heterocycles. The van der Waals surface area contributed by atoms with Crippen LogP contribution < -0.4 is 48.7 Å².